The minimum atomic E-state index is -0.682. The van der Waals surface area contributed by atoms with Gasteiger partial charge in [-0.3, -0.25) is 0 Å². The molecule has 1 atom stereocenters. The number of pyridine rings is 1. The van der Waals surface area contributed by atoms with Crippen LogP contribution in [0.1, 0.15) is 37.9 Å². The molecule has 0 N–H and O–H groups in total. The van der Waals surface area contributed by atoms with Gasteiger partial charge in [0.15, 0.2) is 5.82 Å². The first-order chi connectivity index (χ1) is 20.8. The summed E-state index contributed by atoms with van der Waals surface area (Å²) in [5.41, 5.74) is 1.82. The molecule has 0 unspecified atom stereocenters. The molecule has 1 aliphatic rings. The van der Waals surface area contributed by atoms with Crippen molar-refractivity contribution in [3.63, 3.8) is 0 Å². The van der Waals surface area contributed by atoms with Crippen LogP contribution in [0.5, 0.6) is 5.88 Å². The summed E-state index contributed by atoms with van der Waals surface area (Å²) in [6, 6.07) is 14.8. The molecule has 12 heteroatoms. The lowest BCUT2D eigenvalue weighted by Gasteiger charge is -2.27. The van der Waals surface area contributed by atoms with Crippen LogP contribution < -0.4 is 4.74 Å². The van der Waals surface area contributed by atoms with Crippen molar-refractivity contribution in [1.29, 1.82) is 5.26 Å². The van der Waals surface area contributed by atoms with Gasteiger partial charge in [-0.15, -0.1) is 11.3 Å². The van der Waals surface area contributed by atoms with Crippen LogP contribution in [0.15, 0.2) is 54.6 Å². The molecule has 0 aliphatic carbocycles. The zero-order chi connectivity index (χ0) is 30.1. The molecule has 4 heterocycles. The predicted octanol–water partition coefficient (Wildman–Crippen LogP) is 6.19. The fraction of sp³-hybridized carbons (Fsp3) is 0.226. The van der Waals surface area contributed by atoms with Gasteiger partial charge in [0.25, 0.3) is 0 Å². The topological polar surface area (TPSA) is 99.3 Å². The number of nitrogens with zero attached hydrogens (tertiary/aromatic N) is 4. The van der Waals surface area contributed by atoms with E-state index in [-0.39, 0.29) is 46.7 Å². The number of rotatable bonds is 9. The Morgan fingerprint density at radius 1 is 1.12 bits per heavy atom. The van der Waals surface area contributed by atoms with Crippen molar-refractivity contribution in [2.45, 2.75) is 32.1 Å². The summed E-state index contributed by atoms with van der Waals surface area (Å²) < 4.78 is 62.5. The third-order valence-corrected chi connectivity index (χ3v) is 8.10. The molecule has 0 amide bonds. The number of aromatic nitrogens is 3. The van der Waals surface area contributed by atoms with Crippen LogP contribution in [-0.2, 0) is 29.0 Å². The number of ether oxygens (including phenoxy) is 3. The molecule has 5 aromatic rings. The Labute approximate surface area is 247 Å². The maximum Gasteiger partial charge on any atom is 0.337 e. The number of hydrogen-bond acceptors (Lipinski definition) is 8. The molecule has 2 aromatic carbocycles. The van der Waals surface area contributed by atoms with Crippen molar-refractivity contribution in [2.24, 2.45) is 0 Å². The van der Waals surface area contributed by atoms with E-state index in [2.05, 4.69) is 9.97 Å². The molecule has 0 bridgehead atoms. The number of methoxy groups -OCH3 is 1. The molecule has 43 heavy (non-hydrogen) atoms. The van der Waals surface area contributed by atoms with E-state index in [9.17, 15) is 9.18 Å². The van der Waals surface area contributed by atoms with Crippen LogP contribution in [0, 0.1) is 28.8 Å². The zero-order valence-electron chi connectivity index (χ0n) is 22.8. The van der Waals surface area contributed by atoms with Gasteiger partial charge in [-0.05, 0) is 54.4 Å². The van der Waals surface area contributed by atoms with E-state index in [0.29, 0.717) is 40.5 Å². The van der Waals surface area contributed by atoms with E-state index >= 15 is 8.78 Å². The second-order valence-corrected chi connectivity index (χ2v) is 11.0. The van der Waals surface area contributed by atoms with Crippen LogP contribution in [-0.4, -0.2) is 40.3 Å². The van der Waals surface area contributed by atoms with Crippen LogP contribution >= 0.6 is 11.3 Å². The van der Waals surface area contributed by atoms with Gasteiger partial charge in [0.2, 0.25) is 5.88 Å². The van der Waals surface area contributed by atoms with Gasteiger partial charge in [0.1, 0.15) is 35.0 Å². The number of esters is 1. The van der Waals surface area contributed by atoms with Crippen LogP contribution in [0.4, 0.5) is 13.2 Å². The van der Waals surface area contributed by atoms with Gasteiger partial charge >= 0.3 is 5.97 Å². The van der Waals surface area contributed by atoms with Crippen LogP contribution in [0.3, 0.4) is 0 Å². The lowest BCUT2D eigenvalue weighted by atomic mass is 10.0. The molecule has 1 saturated heterocycles. The smallest absolute Gasteiger partial charge is 0.337 e. The zero-order valence-corrected chi connectivity index (χ0v) is 23.6. The van der Waals surface area contributed by atoms with Gasteiger partial charge < -0.3 is 18.8 Å². The Bertz CT molecular complexity index is 1890. The molecule has 0 saturated carbocycles. The van der Waals surface area contributed by atoms with Crippen molar-refractivity contribution in [3.8, 4) is 23.2 Å². The first-order valence-electron chi connectivity index (χ1n) is 13.3. The minimum Gasteiger partial charge on any atom is -0.472 e. The van der Waals surface area contributed by atoms with Crippen molar-refractivity contribution >= 4 is 28.3 Å². The number of nitriles is 1. The highest BCUT2D eigenvalue weighted by Gasteiger charge is 2.24. The molecule has 218 valence electrons. The number of hydrogen-bond donors (Lipinski definition) is 0. The maximum absolute atomic E-state index is 15.5. The highest BCUT2D eigenvalue weighted by molar-refractivity contribution is 7.12. The summed E-state index contributed by atoms with van der Waals surface area (Å²) in [7, 11) is 1.30. The highest BCUT2D eigenvalue weighted by atomic mass is 32.1. The number of benzene rings is 2. The molecular weight excluding hydrogens is 581 g/mol. The Hall–Kier alpha value is -4.73. The predicted molar refractivity (Wildman–Crippen MR) is 151 cm³/mol. The van der Waals surface area contributed by atoms with Gasteiger partial charge in [0.05, 0.1) is 42.0 Å². The van der Waals surface area contributed by atoms with Gasteiger partial charge in [-0.25, -0.2) is 27.9 Å². The van der Waals surface area contributed by atoms with Crippen molar-refractivity contribution in [2.75, 3.05) is 13.7 Å². The summed E-state index contributed by atoms with van der Waals surface area (Å²) >= 11 is 0.966. The number of imidazole rings is 1. The van der Waals surface area contributed by atoms with Gasteiger partial charge in [-0.1, -0.05) is 6.07 Å². The average molecular weight is 605 g/mol. The molecule has 8 nitrogen and oxygen atoms in total. The molecule has 1 aliphatic heterocycles. The van der Waals surface area contributed by atoms with E-state index in [4.69, 9.17) is 19.5 Å². The average Bonchev–Trinajstić information content (AvgIpc) is 3.53. The number of halogens is 3. The fourth-order valence-electron chi connectivity index (χ4n) is 4.83. The highest BCUT2D eigenvalue weighted by Crippen LogP contribution is 2.29. The van der Waals surface area contributed by atoms with E-state index in [1.807, 2.05) is 4.57 Å². The van der Waals surface area contributed by atoms with Crippen molar-refractivity contribution < 1.29 is 32.2 Å². The standard InChI is InChI=1S/C31H23F3N4O4S/c1-40-31(39)17-5-6-26-27(10-17)38(15-19-7-8-41-19)29(36-26)11-18-9-23(33)21(13-22(18)32)25-3-2-4-30(37-25)42-16-20-12-24(34)28(14-35)43-20/h2-6,9-10,12-13,19H,7-8,11,15-16H2,1H3/t19-/m0/s1. The number of thiophene rings is 1. The van der Waals surface area contributed by atoms with Gasteiger partial charge in [-0.2, -0.15) is 5.26 Å². The normalized spacial score (nSPS) is 14.3. The first-order valence-corrected chi connectivity index (χ1v) is 14.1. The van der Waals surface area contributed by atoms with E-state index in [1.54, 1.807) is 36.4 Å². The monoisotopic (exact) mass is 604 g/mol. The molecule has 0 radical (unpaired) electrons. The SMILES string of the molecule is COC(=O)c1ccc2nc(Cc3cc(F)c(-c4cccc(OCc5cc(F)c(C#N)s5)n4)cc3F)n(C[C@@H]3CCO3)c2c1. The molecule has 0 spiro atoms. The molecule has 6 rings (SSSR count). The second-order valence-electron chi connectivity index (χ2n) is 9.87. The van der Waals surface area contributed by atoms with Gasteiger partial charge in [0, 0.05) is 29.5 Å². The van der Waals surface area contributed by atoms with E-state index in [0.717, 1.165) is 29.9 Å². The summed E-state index contributed by atoms with van der Waals surface area (Å²) in [4.78, 5) is 21.5. The van der Waals surface area contributed by atoms with Crippen molar-refractivity contribution in [1.82, 2.24) is 14.5 Å². The Morgan fingerprint density at radius 2 is 1.95 bits per heavy atom. The maximum atomic E-state index is 15.5. The third kappa shape index (κ3) is 5.82. The Morgan fingerprint density at radius 3 is 2.67 bits per heavy atom. The number of carbonyl (C=O) groups excluding carboxylic acids is 1. The lowest BCUT2D eigenvalue weighted by molar-refractivity contribution is -0.0589. The lowest BCUT2D eigenvalue weighted by Crippen LogP contribution is -2.31. The molecule has 3 aromatic heterocycles. The summed E-state index contributed by atoms with van der Waals surface area (Å²) in [6.07, 6.45) is 0.806. The summed E-state index contributed by atoms with van der Waals surface area (Å²) in [6.45, 7) is 1.06. The number of carbonyl (C=O) groups is 1. The van der Waals surface area contributed by atoms with E-state index in [1.165, 1.54) is 19.2 Å². The second kappa shape index (κ2) is 11.9. The Kier molecular flexibility index (Phi) is 7.84. The molecule has 1 fully saturated rings. The fourth-order valence-corrected chi connectivity index (χ4v) is 5.58. The third-order valence-electron chi connectivity index (χ3n) is 7.11. The quantitative estimate of drug-likeness (QED) is 0.185. The van der Waals surface area contributed by atoms with Crippen LogP contribution in [0.25, 0.3) is 22.3 Å². The van der Waals surface area contributed by atoms with E-state index < -0.39 is 23.4 Å². The van der Waals surface area contributed by atoms with Crippen molar-refractivity contribution in [3.05, 3.63) is 98.8 Å². The summed E-state index contributed by atoms with van der Waals surface area (Å²) in [5, 5.41) is 8.94. The number of fused-ring (bicyclic) bond motifs is 1. The largest absolute Gasteiger partial charge is 0.472 e. The molecular formula is C31H23F3N4O4S. The minimum absolute atomic E-state index is 0.00334. The Balaban J connectivity index is 1.27. The summed E-state index contributed by atoms with van der Waals surface area (Å²) in [5.74, 6) is -1.81. The first kappa shape index (κ1) is 28.4. The van der Waals surface area contributed by atoms with Crippen LogP contribution in [0.2, 0.25) is 0 Å².